The summed E-state index contributed by atoms with van der Waals surface area (Å²) >= 11 is 0. The zero-order valence-electron chi connectivity index (χ0n) is 9.14. The summed E-state index contributed by atoms with van der Waals surface area (Å²) in [7, 11) is 3.01. The van der Waals surface area contributed by atoms with Crippen LogP contribution in [0.25, 0.3) is 0 Å². The van der Waals surface area contributed by atoms with Crippen molar-refractivity contribution in [3.63, 3.8) is 0 Å². The summed E-state index contributed by atoms with van der Waals surface area (Å²) < 4.78 is 0. The quantitative estimate of drug-likeness (QED) is 0.349. The number of rotatable bonds is 2. The number of hydrogen-bond acceptors (Lipinski definition) is 4. The SMILES string of the molecule is CC1=CSS/C1=C(/C#N)C(=O)c1ccccc1. The van der Waals surface area contributed by atoms with Gasteiger partial charge in [-0.05, 0) is 17.9 Å². The molecule has 4 heteroatoms. The van der Waals surface area contributed by atoms with Crippen molar-refractivity contribution >= 4 is 27.4 Å². The van der Waals surface area contributed by atoms with Crippen molar-refractivity contribution in [2.75, 3.05) is 0 Å². The molecule has 1 aromatic carbocycles. The lowest BCUT2D eigenvalue weighted by Crippen LogP contribution is -2.03. The second-order valence-corrected chi connectivity index (χ2v) is 5.57. The first-order valence-electron chi connectivity index (χ1n) is 4.98. The molecule has 1 aromatic rings. The average molecular weight is 259 g/mol. The maximum atomic E-state index is 12.2. The van der Waals surface area contributed by atoms with Crippen LogP contribution in [0.2, 0.25) is 0 Å². The molecule has 1 aliphatic heterocycles. The Kier molecular flexibility index (Phi) is 3.72. The third-order valence-electron chi connectivity index (χ3n) is 2.32. The van der Waals surface area contributed by atoms with E-state index in [4.69, 9.17) is 5.26 Å². The molecular formula is C13H9NOS2. The van der Waals surface area contributed by atoms with Crippen LogP contribution in [0.5, 0.6) is 0 Å². The molecule has 2 nitrogen and oxygen atoms in total. The van der Waals surface area contributed by atoms with E-state index in [1.807, 2.05) is 24.5 Å². The molecule has 0 saturated carbocycles. The van der Waals surface area contributed by atoms with Crippen molar-refractivity contribution in [3.05, 3.63) is 57.4 Å². The summed E-state index contributed by atoms with van der Waals surface area (Å²) in [5, 5.41) is 11.1. The van der Waals surface area contributed by atoms with Crippen LogP contribution in [0.3, 0.4) is 0 Å². The smallest absolute Gasteiger partial charge is 0.204 e. The van der Waals surface area contributed by atoms with Gasteiger partial charge in [-0.3, -0.25) is 4.79 Å². The summed E-state index contributed by atoms with van der Waals surface area (Å²) in [6.07, 6.45) is 0. The van der Waals surface area contributed by atoms with E-state index < -0.39 is 0 Å². The molecule has 0 N–H and O–H groups in total. The molecule has 0 spiro atoms. The highest BCUT2D eigenvalue weighted by molar-refractivity contribution is 8.79. The van der Waals surface area contributed by atoms with Crippen molar-refractivity contribution in [2.24, 2.45) is 0 Å². The highest BCUT2D eigenvalue weighted by Gasteiger charge is 2.21. The van der Waals surface area contributed by atoms with Gasteiger partial charge in [0.05, 0.1) is 0 Å². The molecular weight excluding hydrogens is 250 g/mol. The number of hydrogen-bond donors (Lipinski definition) is 0. The van der Waals surface area contributed by atoms with Gasteiger partial charge in [-0.1, -0.05) is 51.9 Å². The maximum Gasteiger partial charge on any atom is 0.204 e. The number of carbonyl (C=O) groups is 1. The van der Waals surface area contributed by atoms with Gasteiger partial charge in [-0.25, -0.2) is 0 Å². The molecule has 17 heavy (non-hydrogen) atoms. The first kappa shape index (κ1) is 12.0. The van der Waals surface area contributed by atoms with Crippen molar-refractivity contribution in [3.8, 4) is 6.07 Å². The van der Waals surface area contributed by atoms with Crippen LogP contribution in [0.4, 0.5) is 0 Å². The van der Waals surface area contributed by atoms with Gasteiger partial charge >= 0.3 is 0 Å². The van der Waals surface area contributed by atoms with Crippen molar-refractivity contribution in [1.29, 1.82) is 5.26 Å². The lowest BCUT2D eigenvalue weighted by molar-refractivity contribution is 0.103. The van der Waals surface area contributed by atoms with E-state index in [1.165, 1.54) is 10.8 Å². The van der Waals surface area contributed by atoms with E-state index in [1.54, 1.807) is 35.1 Å². The molecule has 1 aliphatic rings. The van der Waals surface area contributed by atoms with Crippen LogP contribution >= 0.6 is 21.6 Å². The molecule has 0 fully saturated rings. The average Bonchev–Trinajstić information content (AvgIpc) is 2.78. The van der Waals surface area contributed by atoms with Crippen LogP contribution in [0.1, 0.15) is 17.3 Å². The van der Waals surface area contributed by atoms with E-state index >= 15 is 0 Å². The topological polar surface area (TPSA) is 40.9 Å². The number of nitrogens with zero attached hydrogens (tertiary/aromatic N) is 1. The minimum atomic E-state index is -0.203. The monoisotopic (exact) mass is 259 g/mol. The zero-order chi connectivity index (χ0) is 12.3. The number of Topliss-reactive ketones (excluding diaryl/α,β-unsaturated/α-hetero) is 1. The van der Waals surface area contributed by atoms with E-state index in [9.17, 15) is 4.79 Å². The summed E-state index contributed by atoms with van der Waals surface area (Å²) in [6.45, 7) is 1.91. The van der Waals surface area contributed by atoms with Crippen molar-refractivity contribution in [2.45, 2.75) is 6.92 Å². The zero-order valence-corrected chi connectivity index (χ0v) is 10.8. The minimum Gasteiger partial charge on any atom is -0.288 e. The van der Waals surface area contributed by atoms with Crippen molar-refractivity contribution in [1.82, 2.24) is 0 Å². The Hall–Kier alpha value is -1.44. The fraction of sp³-hybridized carbons (Fsp3) is 0.0769. The number of ketones is 1. The first-order chi connectivity index (χ1) is 8.24. The molecule has 0 aromatic heterocycles. The standard InChI is InChI=1S/C13H9NOS2/c1-9-8-16-17-13(9)11(7-14)12(15)10-5-3-2-4-6-10/h2-6,8H,1H3/b13-11-. The fourth-order valence-corrected chi connectivity index (χ4v) is 3.84. The Balaban J connectivity index is 2.43. The fourth-order valence-electron chi connectivity index (χ4n) is 1.44. The Morgan fingerprint density at radius 3 is 2.53 bits per heavy atom. The number of allylic oxidation sites excluding steroid dienone is 2. The first-order valence-corrected chi connectivity index (χ1v) is 7.20. The van der Waals surface area contributed by atoms with E-state index in [2.05, 4.69) is 0 Å². The van der Waals surface area contributed by atoms with Gasteiger partial charge in [0.25, 0.3) is 0 Å². The summed E-state index contributed by atoms with van der Waals surface area (Å²) in [6, 6.07) is 10.9. The second-order valence-electron chi connectivity index (χ2n) is 3.49. The van der Waals surface area contributed by atoms with Gasteiger partial charge in [-0.15, -0.1) is 0 Å². The van der Waals surface area contributed by atoms with E-state index in [0.29, 0.717) is 5.56 Å². The van der Waals surface area contributed by atoms with Crippen LogP contribution in [0, 0.1) is 11.3 Å². The van der Waals surface area contributed by atoms with Crippen LogP contribution in [-0.4, -0.2) is 5.78 Å². The third-order valence-corrected chi connectivity index (χ3v) is 4.63. The normalized spacial score (nSPS) is 17.3. The molecule has 0 atom stereocenters. The number of carbonyl (C=O) groups excluding carboxylic acids is 1. The number of benzene rings is 1. The third kappa shape index (κ3) is 2.46. The maximum absolute atomic E-state index is 12.2. The molecule has 2 rings (SSSR count). The molecule has 0 amide bonds. The molecule has 0 saturated heterocycles. The molecule has 84 valence electrons. The summed E-state index contributed by atoms with van der Waals surface area (Å²) in [5.41, 5.74) is 1.78. The summed E-state index contributed by atoms with van der Waals surface area (Å²) in [5.74, 6) is -0.203. The Morgan fingerprint density at radius 2 is 2.00 bits per heavy atom. The van der Waals surface area contributed by atoms with Crippen LogP contribution in [-0.2, 0) is 0 Å². The highest BCUT2D eigenvalue weighted by atomic mass is 33.1. The van der Waals surface area contributed by atoms with Gasteiger partial charge in [-0.2, -0.15) is 5.26 Å². The Labute approximate surface area is 108 Å². The second kappa shape index (κ2) is 5.26. The lowest BCUT2D eigenvalue weighted by atomic mass is 10.0. The molecule has 0 bridgehead atoms. The highest BCUT2D eigenvalue weighted by Crippen LogP contribution is 2.45. The van der Waals surface area contributed by atoms with E-state index in [0.717, 1.165) is 10.5 Å². The number of nitriles is 1. The summed E-state index contributed by atoms with van der Waals surface area (Å²) in [4.78, 5) is 13.0. The van der Waals surface area contributed by atoms with Gasteiger partial charge in [0.15, 0.2) is 0 Å². The Morgan fingerprint density at radius 1 is 1.29 bits per heavy atom. The van der Waals surface area contributed by atoms with Gasteiger partial charge in [0.2, 0.25) is 5.78 Å². The molecule has 1 heterocycles. The Bertz CT molecular complexity index is 553. The largest absolute Gasteiger partial charge is 0.288 e. The van der Waals surface area contributed by atoms with Gasteiger partial charge < -0.3 is 0 Å². The van der Waals surface area contributed by atoms with Crippen LogP contribution in [0.15, 0.2) is 51.8 Å². The lowest BCUT2D eigenvalue weighted by Gasteiger charge is -2.03. The van der Waals surface area contributed by atoms with E-state index in [-0.39, 0.29) is 11.4 Å². The molecule has 0 radical (unpaired) electrons. The van der Waals surface area contributed by atoms with Crippen LogP contribution < -0.4 is 0 Å². The minimum absolute atomic E-state index is 0.203. The predicted octanol–water partition coefficient (Wildman–Crippen LogP) is 3.95. The molecule has 0 aliphatic carbocycles. The van der Waals surface area contributed by atoms with Gasteiger partial charge in [0, 0.05) is 10.5 Å². The van der Waals surface area contributed by atoms with Gasteiger partial charge in [0.1, 0.15) is 11.6 Å². The molecule has 0 unspecified atom stereocenters. The predicted molar refractivity (Wildman–Crippen MR) is 72.4 cm³/mol. The van der Waals surface area contributed by atoms with Crippen molar-refractivity contribution < 1.29 is 4.79 Å².